The van der Waals surface area contributed by atoms with Crippen molar-refractivity contribution < 1.29 is 42.0 Å². The van der Waals surface area contributed by atoms with Gasteiger partial charge in [-0.15, -0.1) is 13.2 Å². The molecule has 10 heteroatoms. The van der Waals surface area contributed by atoms with Gasteiger partial charge >= 0.3 is 12.3 Å². The zero-order valence-electron chi connectivity index (χ0n) is 21.0. The van der Waals surface area contributed by atoms with Crippen molar-refractivity contribution in [1.82, 2.24) is 4.57 Å². The standard InChI is InChI=1S/C28H26F3NO6/c1-17-23(14-18-5-4-6-21(13-18)37-16-26(33)34)24-15-22(38-28(29,30)31)11-12-25(24)32(17)27(36-3)19-7-9-20(35-2)10-8-19/h4-13,15,27H,14,16H2,1-3H3,(H,33,34)/p+1. The molecule has 4 aromatic rings. The first-order valence-electron chi connectivity index (χ1n) is 11.6. The van der Waals surface area contributed by atoms with Crippen molar-refractivity contribution in [2.75, 3.05) is 20.8 Å². The SMILES string of the molecule is COc1ccc(C(OC)n2c(C)c(Cc3cccc(OCC(=O)[OH2+])c3)c3cc(OC(F)(F)F)ccc32)cc1. The highest BCUT2D eigenvalue weighted by Gasteiger charge is 2.32. The molecule has 7 nitrogen and oxygen atoms in total. The van der Waals surface area contributed by atoms with Gasteiger partial charge in [0.25, 0.3) is 0 Å². The van der Waals surface area contributed by atoms with E-state index in [9.17, 15) is 18.0 Å². The Morgan fingerprint density at radius 3 is 2.32 bits per heavy atom. The molecule has 1 aromatic heterocycles. The first-order valence-corrected chi connectivity index (χ1v) is 11.6. The molecule has 1 unspecified atom stereocenters. The van der Waals surface area contributed by atoms with Crippen molar-refractivity contribution >= 4 is 16.9 Å². The molecule has 2 N–H and O–H groups in total. The van der Waals surface area contributed by atoms with Crippen LogP contribution in [0.25, 0.3) is 10.9 Å². The summed E-state index contributed by atoms with van der Waals surface area (Å²) in [4.78, 5) is 11.0. The molecule has 3 aromatic carbocycles. The quantitative estimate of drug-likeness (QED) is 0.261. The minimum atomic E-state index is -4.83. The molecule has 0 bridgehead atoms. The zero-order valence-corrected chi connectivity index (χ0v) is 21.0. The van der Waals surface area contributed by atoms with Gasteiger partial charge in [-0.2, -0.15) is 0 Å². The van der Waals surface area contributed by atoms with E-state index in [2.05, 4.69) is 4.74 Å². The maximum atomic E-state index is 13.0. The summed E-state index contributed by atoms with van der Waals surface area (Å²) >= 11 is 0. The number of benzene rings is 3. The number of carbonyl (C=O) groups is 1. The fourth-order valence-electron chi connectivity index (χ4n) is 4.47. The summed E-state index contributed by atoms with van der Waals surface area (Å²) < 4.78 is 61.6. The van der Waals surface area contributed by atoms with Crippen molar-refractivity contribution in [3.05, 3.63) is 89.1 Å². The average molecular weight is 531 g/mol. The lowest BCUT2D eigenvalue weighted by Crippen LogP contribution is -2.17. The number of hydrogen-bond acceptors (Lipinski definition) is 5. The number of nitrogens with zero attached hydrogens (tertiary/aromatic N) is 1. The molecule has 0 spiro atoms. The summed E-state index contributed by atoms with van der Waals surface area (Å²) in [5.41, 5.74) is 3.87. The van der Waals surface area contributed by atoms with Crippen LogP contribution in [0.2, 0.25) is 0 Å². The third kappa shape index (κ3) is 6.03. The fraction of sp³-hybridized carbons (Fsp3) is 0.250. The lowest BCUT2D eigenvalue weighted by Gasteiger charge is -2.21. The van der Waals surface area contributed by atoms with Crippen LogP contribution in [0.3, 0.4) is 0 Å². The van der Waals surface area contributed by atoms with Crippen molar-refractivity contribution in [3.63, 3.8) is 0 Å². The third-order valence-electron chi connectivity index (χ3n) is 6.09. The van der Waals surface area contributed by atoms with Gasteiger partial charge in [0.2, 0.25) is 6.61 Å². The molecular weight excluding hydrogens is 503 g/mol. The van der Waals surface area contributed by atoms with Crippen LogP contribution in [-0.2, 0) is 16.0 Å². The Labute approximate surface area is 216 Å². The summed E-state index contributed by atoms with van der Waals surface area (Å²) in [5, 5.41) is 7.61. The fourth-order valence-corrected chi connectivity index (χ4v) is 4.47. The molecule has 38 heavy (non-hydrogen) atoms. The maximum Gasteiger partial charge on any atom is 0.573 e. The monoisotopic (exact) mass is 530 g/mol. The minimum absolute atomic E-state index is 0.326. The van der Waals surface area contributed by atoms with Crippen LogP contribution in [0.15, 0.2) is 66.7 Å². The number of fused-ring (bicyclic) bond motifs is 1. The van der Waals surface area contributed by atoms with Gasteiger partial charge in [-0.3, -0.25) is 0 Å². The predicted molar refractivity (Wildman–Crippen MR) is 135 cm³/mol. The second-order valence-corrected chi connectivity index (χ2v) is 8.56. The van der Waals surface area contributed by atoms with Gasteiger partial charge in [0.05, 0.1) is 12.6 Å². The van der Waals surface area contributed by atoms with Gasteiger partial charge in [0, 0.05) is 28.5 Å². The van der Waals surface area contributed by atoms with Crippen molar-refractivity contribution in [1.29, 1.82) is 0 Å². The topological polar surface area (TPSA) is 81.8 Å². The molecule has 0 aliphatic rings. The van der Waals surface area contributed by atoms with E-state index in [-0.39, 0.29) is 12.4 Å². The molecule has 0 saturated carbocycles. The molecule has 4 rings (SSSR count). The number of hydrogen-bond donors (Lipinski definition) is 0. The number of ether oxygens (including phenoxy) is 4. The second-order valence-electron chi connectivity index (χ2n) is 8.56. The van der Waals surface area contributed by atoms with Crippen LogP contribution in [0.1, 0.15) is 28.6 Å². The van der Waals surface area contributed by atoms with E-state index in [4.69, 9.17) is 19.3 Å². The van der Waals surface area contributed by atoms with Crippen LogP contribution >= 0.6 is 0 Å². The van der Waals surface area contributed by atoms with Crippen LogP contribution in [0.5, 0.6) is 17.2 Å². The third-order valence-corrected chi connectivity index (χ3v) is 6.09. The van der Waals surface area contributed by atoms with Gasteiger partial charge in [-0.1, -0.05) is 24.3 Å². The van der Waals surface area contributed by atoms with E-state index in [0.29, 0.717) is 28.8 Å². The number of carbonyl (C=O) groups excluding carboxylic acids is 1. The second kappa shape index (κ2) is 11.1. The highest BCUT2D eigenvalue weighted by molar-refractivity contribution is 5.87. The van der Waals surface area contributed by atoms with Gasteiger partial charge in [0.15, 0.2) is 6.23 Å². The Morgan fingerprint density at radius 2 is 1.68 bits per heavy atom. The highest BCUT2D eigenvalue weighted by Crippen LogP contribution is 2.37. The van der Waals surface area contributed by atoms with E-state index >= 15 is 0 Å². The normalized spacial score (nSPS) is 12.4. The molecule has 200 valence electrons. The van der Waals surface area contributed by atoms with E-state index in [0.717, 1.165) is 22.4 Å². The Bertz CT molecular complexity index is 1430. The van der Waals surface area contributed by atoms with E-state index < -0.39 is 18.6 Å². The Hall–Kier alpha value is -4.18. The van der Waals surface area contributed by atoms with Crippen LogP contribution in [-0.4, -0.2) is 42.8 Å². The summed E-state index contributed by atoms with van der Waals surface area (Å²) in [6.07, 6.45) is -5.04. The summed E-state index contributed by atoms with van der Waals surface area (Å²) in [6.45, 7) is 1.51. The average Bonchev–Trinajstić information content (AvgIpc) is 3.13. The minimum Gasteiger partial charge on any atom is -0.562 e. The number of alkyl halides is 3. The van der Waals surface area contributed by atoms with Crippen LogP contribution in [0, 0.1) is 6.92 Å². The number of aromatic nitrogens is 1. The number of methoxy groups -OCH3 is 2. The lowest BCUT2D eigenvalue weighted by molar-refractivity contribution is -0.274. The smallest absolute Gasteiger partial charge is 0.562 e. The molecule has 0 aliphatic carbocycles. The van der Waals surface area contributed by atoms with Gasteiger partial charge in [-0.05, 0) is 66.9 Å². The highest BCUT2D eigenvalue weighted by atomic mass is 19.4. The predicted octanol–water partition coefficient (Wildman–Crippen LogP) is 5.27. The van der Waals surface area contributed by atoms with Crippen molar-refractivity contribution in [2.45, 2.75) is 25.9 Å². The molecule has 1 heterocycles. The number of rotatable bonds is 10. The van der Waals surface area contributed by atoms with Gasteiger partial charge in [0.1, 0.15) is 17.2 Å². The Morgan fingerprint density at radius 1 is 0.974 bits per heavy atom. The first-order chi connectivity index (χ1) is 18.1. The van der Waals surface area contributed by atoms with Crippen molar-refractivity contribution in [3.8, 4) is 17.2 Å². The number of halogens is 3. The summed E-state index contributed by atoms with van der Waals surface area (Å²) in [5.74, 6) is -0.0800. The van der Waals surface area contributed by atoms with Gasteiger partial charge < -0.3 is 28.6 Å². The van der Waals surface area contributed by atoms with E-state index in [1.807, 2.05) is 41.8 Å². The van der Waals surface area contributed by atoms with Crippen LogP contribution < -0.4 is 14.2 Å². The Kier molecular flexibility index (Phi) is 7.82. The maximum absolute atomic E-state index is 13.0. The van der Waals surface area contributed by atoms with E-state index in [1.54, 1.807) is 38.5 Å². The molecule has 0 fully saturated rings. The van der Waals surface area contributed by atoms with Crippen molar-refractivity contribution in [2.24, 2.45) is 0 Å². The zero-order chi connectivity index (χ0) is 27.4. The molecule has 0 amide bonds. The molecule has 1 atom stereocenters. The molecule has 0 saturated heterocycles. The lowest BCUT2D eigenvalue weighted by atomic mass is 10.0. The summed E-state index contributed by atoms with van der Waals surface area (Å²) in [6, 6.07) is 18.6. The largest absolute Gasteiger partial charge is 0.573 e. The first kappa shape index (κ1) is 26.9. The summed E-state index contributed by atoms with van der Waals surface area (Å²) in [7, 11) is 3.14. The van der Waals surface area contributed by atoms with Gasteiger partial charge in [-0.25, -0.2) is 0 Å². The molecule has 0 radical (unpaired) electrons. The van der Waals surface area contributed by atoms with Crippen LogP contribution in [0.4, 0.5) is 13.2 Å². The molecule has 0 aliphatic heterocycles. The molecular formula is C28H27F3NO6+. The van der Waals surface area contributed by atoms with E-state index in [1.165, 1.54) is 12.1 Å². The Balaban J connectivity index is 1.83.